The van der Waals surface area contributed by atoms with E-state index in [2.05, 4.69) is 30.1 Å². The number of hydrogen-bond donors (Lipinski definition) is 1. The number of hydrogen-bond acceptors (Lipinski definition) is 5. The van der Waals surface area contributed by atoms with Crippen LogP contribution in [0.4, 0.5) is 11.4 Å². The maximum Gasteiger partial charge on any atom is 0.270 e. The van der Waals surface area contributed by atoms with Gasteiger partial charge in [0.05, 0.1) is 16.2 Å². The highest BCUT2D eigenvalue weighted by Gasteiger charge is 2.27. The SMILES string of the molecule is CCC(CC)C(CNc1ccc([N+](=O)[O-])cc1C#N)N1CCCC1. The fourth-order valence-corrected chi connectivity index (χ4v) is 3.61. The first kappa shape index (κ1) is 18.2. The molecule has 0 radical (unpaired) electrons. The van der Waals surface area contributed by atoms with Gasteiger partial charge in [-0.2, -0.15) is 5.26 Å². The number of nitrogens with zero attached hydrogens (tertiary/aromatic N) is 3. The lowest BCUT2D eigenvalue weighted by Crippen LogP contribution is -2.43. The number of nitro groups is 1. The molecule has 2 rings (SSSR count). The van der Waals surface area contributed by atoms with Crippen LogP contribution >= 0.6 is 0 Å². The summed E-state index contributed by atoms with van der Waals surface area (Å²) in [5.41, 5.74) is 0.959. The molecule has 1 atom stereocenters. The fraction of sp³-hybridized carbons (Fsp3) is 0.611. The predicted molar refractivity (Wildman–Crippen MR) is 95.0 cm³/mol. The zero-order chi connectivity index (χ0) is 17.5. The van der Waals surface area contributed by atoms with Gasteiger partial charge in [0.2, 0.25) is 0 Å². The molecule has 0 bridgehead atoms. The molecular weight excluding hydrogens is 304 g/mol. The summed E-state index contributed by atoms with van der Waals surface area (Å²) in [6.07, 6.45) is 4.75. The minimum absolute atomic E-state index is 0.0480. The molecule has 6 heteroatoms. The topological polar surface area (TPSA) is 82.2 Å². The van der Waals surface area contributed by atoms with E-state index in [4.69, 9.17) is 0 Å². The van der Waals surface area contributed by atoms with Gasteiger partial charge in [-0.25, -0.2) is 0 Å². The Bertz CT molecular complexity index is 600. The first-order valence-corrected chi connectivity index (χ1v) is 8.77. The van der Waals surface area contributed by atoms with E-state index in [0.717, 1.165) is 32.5 Å². The van der Waals surface area contributed by atoms with E-state index in [1.165, 1.54) is 25.0 Å². The van der Waals surface area contributed by atoms with Crippen molar-refractivity contribution in [3.8, 4) is 6.07 Å². The molecule has 1 saturated heterocycles. The van der Waals surface area contributed by atoms with Gasteiger partial charge in [0.25, 0.3) is 5.69 Å². The van der Waals surface area contributed by atoms with Gasteiger partial charge in [0.15, 0.2) is 0 Å². The average Bonchev–Trinajstić information content (AvgIpc) is 3.12. The third-order valence-corrected chi connectivity index (χ3v) is 5.04. The second kappa shape index (κ2) is 8.65. The summed E-state index contributed by atoms with van der Waals surface area (Å²) in [6.45, 7) is 7.48. The Kier molecular flexibility index (Phi) is 6.56. The molecule has 1 aliphatic heterocycles. The highest BCUT2D eigenvalue weighted by Crippen LogP contribution is 2.25. The second-order valence-electron chi connectivity index (χ2n) is 6.37. The van der Waals surface area contributed by atoms with Crippen molar-refractivity contribution < 1.29 is 4.92 Å². The lowest BCUT2D eigenvalue weighted by atomic mass is 9.92. The van der Waals surface area contributed by atoms with Crippen LogP contribution in [0.25, 0.3) is 0 Å². The molecule has 130 valence electrons. The largest absolute Gasteiger partial charge is 0.382 e. The number of nitro benzene ring substituents is 1. The molecule has 1 unspecified atom stereocenters. The molecule has 1 heterocycles. The second-order valence-corrected chi connectivity index (χ2v) is 6.37. The van der Waals surface area contributed by atoms with Crippen LogP contribution in [0.3, 0.4) is 0 Å². The van der Waals surface area contributed by atoms with Gasteiger partial charge in [-0.1, -0.05) is 26.7 Å². The molecule has 1 aliphatic rings. The highest BCUT2D eigenvalue weighted by molar-refractivity contribution is 5.61. The summed E-state index contributed by atoms with van der Waals surface area (Å²) in [5.74, 6) is 0.610. The standard InChI is InChI=1S/C18H26N4O2/c1-3-14(4-2)18(21-9-5-6-10-21)13-20-17-8-7-16(22(23)24)11-15(17)12-19/h7-8,11,14,18,20H,3-6,9-10,13H2,1-2H3. The van der Waals surface area contributed by atoms with Gasteiger partial charge in [0, 0.05) is 24.7 Å². The summed E-state index contributed by atoms with van der Waals surface area (Å²) in [5, 5.41) is 23.5. The van der Waals surface area contributed by atoms with E-state index in [1.807, 2.05) is 0 Å². The summed E-state index contributed by atoms with van der Waals surface area (Å²) >= 11 is 0. The van der Waals surface area contributed by atoms with Crippen LogP contribution in [0.5, 0.6) is 0 Å². The number of nitrogens with one attached hydrogen (secondary N) is 1. The summed E-state index contributed by atoms with van der Waals surface area (Å²) < 4.78 is 0. The minimum atomic E-state index is -0.470. The van der Waals surface area contributed by atoms with Crippen LogP contribution in [0.15, 0.2) is 18.2 Å². The van der Waals surface area contributed by atoms with E-state index < -0.39 is 4.92 Å². The molecule has 1 aromatic rings. The van der Waals surface area contributed by atoms with Gasteiger partial charge in [-0.05, 0) is 37.9 Å². The quantitative estimate of drug-likeness (QED) is 0.579. The maximum atomic E-state index is 10.9. The molecule has 0 aromatic heterocycles. The van der Waals surface area contributed by atoms with E-state index in [1.54, 1.807) is 6.07 Å². The van der Waals surface area contributed by atoms with Crippen molar-refractivity contribution in [3.63, 3.8) is 0 Å². The smallest absolute Gasteiger partial charge is 0.270 e. The molecule has 0 aliphatic carbocycles. The lowest BCUT2D eigenvalue weighted by molar-refractivity contribution is -0.384. The Hall–Kier alpha value is -2.13. The van der Waals surface area contributed by atoms with Gasteiger partial charge in [-0.3, -0.25) is 15.0 Å². The first-order valence-electron chi connectivity index (χ1n) is 8.77. The first-order chi connectivity index (χ1) is 11.6. The number of benzene rings is 1. The number of rotatable bonds is 8. The maximum absolute atomic E-state index is 10.9. The van der Waals surface area contributed by atoms with Crippen LogP contribution in [0.2, 0.25) is 0 Å². The molecule has 1 fully saturated rings. The molecule has 0 spiro atoms. The van der Waals surface area contributed by atoms with Crippen LogP contribution in [0.1, 0.15) is 45.1 Å². The average molecular weight is 330 g/mol. The lowest BCUT2D eigenvalue weighted by Gasteiger charge is -2.34. The minimum Gasteiger partial charge on any atom is -0.382 e. The highest BCUT2D eigenvalue weighted by atomic mass is 16.6. The zero-order valence-corrected chi connectivity index (χ0v) is 14.5. The Morgan fingerprint density at radius 3 is 2.54 bits per heavy atom. The molecule has 24 heavy (non-hydrogen) atoms. The molecule has 0 amide bonds. The number of non-ortho nitro benzene ring substituents is 1. The third kappa shape index (κ3) is 4.24. The van der Waals surface area contributed by atoms with Crippen LogP contribution in [0, 0.1) is 27.4 Å². The van der Waals surface area contributed by atoms with Crippen LogP contribution < -0.4 is 5.32 Å². The van der Waals surface area contributed by atoms with Gasteiger partial charge in [-0.15, -0.1) is 0 Å². The monoisotopic (exact) mass is 330 g/mol. The van der Waals surface area contributed by atoms with Gasteiger partial charge in [0.1, 0.15) is 6.07 Å². The van der Waals surface area contributed by atoms with Crippen molar-refractivity contribution in [2.75, 3.05) is 25.0 Å². The Balaban J connectivity index is 2.13. The Morgan fingerprint density at radius 1 is 1.33 bits per heavy atom. The summed E-state index contributed by atoms with van der Waals surface area (Å²) in [4.78, 5) is 12.9. The number of nitriles is 1. The molecular formula is C18H26N4O2. The molecule has 6 nitrogen and oxygen atoms in total. The van der Waals surface area contributed by atoms with Crippen molar-refractivity contribution >= 4 is 11.4 Å². The van der Waals surface area contributed by atoms with Gasteiger partial charge >= 0.3 is 0 Å². The molecule has 1 N–H and O–H groups in total. The van der Waals surface area contributed by atoms with Gasteiger partial charge < -0.3 is 5.32 Å². The summed E-state index contributed by atoms with van der Waals surface area (Å²) in [7, 11) is 0. The van der Waals surface area contributed by atoms with Crippen molar-refractivity contribution in [1.82, 2.24) is 4.90 Å². The van der Waals surface area contributed by atoms with Crippen molar-refractivity contribution in [2.45, 2.75) is 45.6 Å². The predicted octanol–water partition coefficient (Wildman–Crippen LogP) is 3.78. The fourth-order valence-electron chi connectivity index (χ4n) is 3.61. The van der Waals surface area contributed by atoms with Crippen LogP contribution in [-0.2, 0) is 0 Å². The third-order valence-electron chi connectivity index (χ3n) is 5.04. The van der Waals surface area contributed by atoms with Crippen molar-refractivity contribution in [1.29, 1.82) is 5.26 Å². The zero-order valence-electron chi connectivity index (χ0n) is 14.5. The normalized spacial score (nSPS) is 16.1. The molecule has 0 saturated carbocycles. The van der Waals surface area contributed by atoms with Crippen LogP contribution in [-0.4, -0.2) is 35.5 Å². The van der Waals surface area contributed by atoms with Crippen molar-refractivity contribution in [2.24, 2.45) is 5.92 Å². The number of anilines is 1. The van der Waals surface area contributed by atoms with Crippen molar-refractivity contribution in [3.05, 3.63) is 33.9 Å². The summed E-state index contributed by atoms with van der Waals surface area (Å²) in [6, 6.07) is 6.93. The van der Waals surface area contributed by atoms with E-state index in [0.29, 0.717) is 23.2 Å². The Morgan fingerprint density at radius 2 is 2.00 bits per heavy atom. The van der Waals surface area contributed by atoms with E-state index in [-0.39, 0.29) is 5.69 Å². The number of likely N-dealkylation sites (tertiary alicyclic amines) is 1. The van der Waals surface area contributed by atoms with E-state index >= 15 is 0 Å². The van der Waals surface area contributed by atoms with E-state index in [9.17, 15) is 15.4 Å². The molecule has 1 aromatic carbocycles. The Labute approximate surface area is 143 Å².